The number of rotatable bonds is 8. The molecule has 26 heavy (non-hydrogen) atoms. The van der Waals surface area contributed by atoms with Gasteiger partial charge in [-0.05, 0) is 43.2 Å². The Bertz CT molecular complexity index is 675. The SMILES string of the molecule is CCNC(=NCc1ccco1)N(C)CCc1ccc(OC)c(OC)c1.I. The van der Waals surface area contributed by atoms with Gasteiger partial charge in [0.1, 0.15) is 12.3 Å². The van der Waals surface area contributed by atoms with Gasteiger partial charge in [0.15, 0.2) is 17.5 Å². The Kier molecular flexibility index (Phi) is 9.93. The number of nitrogens with zero attached hydrogens (tertiary/aromatic N) is 2. The zero-order valence-electron chi connectivity index (χ0n) is 15.8. The van der Waals surface area contributed by atoms with E-state index in [1.54, 1.807) is 20.5 Å². The fourth-order valence-corrected chi connectivity index (χ4v) is 2.46. The van der Waals surface area contributed by atoms with Crippen molar-refractivity contribution in [2.45, 2.75) is 19.9 Å². The zero-order chi connectivity index (χ0) is 18.1. The summed E-state index contributed by atoms with van der Waals surface area (Å²) in [7, 11) is 5.33. The Morgan fingerprint density at radius 3 is 2.58 bits per heavy atom. The molecule has 2 rings (SSSR count). The monoisotopic (exact) mass is 473 g/mol. The van der Waals surface area contributed by atoms with Crippen molar-refractivity contribution in [2.24, 2.45) is 4.99 Å². The van der Waals surface area contributed by atoms with E-state index < -0.39 is 0 Å². The highest BCUT2D eigenvalue weighted by Crippen LogP contribution is 2.27. The fraction of sp³-hybridized carbons (Fsp3) is 0.421. The normalized spacial score (nSPS) is 10.8. The predicted molar refractivity (Wildman–Crippen MR) is 115 cm³/mol. The van der Waals surface area contributed by atoms with Gasteiger partial charge >= 0.3 is 0 Å². The summed E-state index contributed by atoms with van der Waals surface area (Å²) in [6, 6.07) is 9.81. The molecule has 0 unspecified atom stereocenters. The van der Waals surface area contributed by atoms with Crippen LogP contribution in [0.3, 0.4) is 0 Å². The number of hydrogen-bond donors (Lipinski definition) is 1. The van der Waals surface area contributed by atoms with Crippen LogP contribution in [0.1, 0.15) is 18.2 Å². The average molecular weight is 473 g/mol. The van der Waals surface area contributed by atoms with Crippen LogP contribution >= 0.6 is 24.0 Å². The number of benzene rings is 1. The van der Waals surface area contributed by atoms with Crippen molar-refractivity contribution in [3.63, 3.8) is 0 Å². The maximum Gasteiger partial charge on any atom is 0.194 e. The number of likely N-dealkylation sites (N-methyl/N-ethyl adjacent to an activating group) is 1. The van der Waals surface area contributed by atoms with Crippen LogP contribution in [0.4, 0.5) is 0 Å². The predicted octanol–water partition coefficient (Wildman–Crippen LogP) is 3.55. The lowest BCUT2D eigenvalue weighted by molar-refractivity contribution is 0.354. The Hall–Kier alpha value is -1.90. The minimum atomic E-state index is 0. The minimum absolute atomic E-state index is 0. The van der Waals surface area contributed by atoms with Crippen LogP contribution < -0.4 is 14.8 Å². The molecule has 0 atom stereocenters. The molecular formula is C19H28IN3O3. The Balaban J connectivity index is 0.00000338. The number of halogens is 1. The largest absolute Gasteiger partial charge is 0.493 e. The first-order valence-electron chi connectivity index (χ1n) is 8.40. The summed E-state index contributed by atoms with van der Waals surface area (Å²) in [4.78, 5) is 6.74. The highest BCUT2D eigenvalue weighted by Gasteiger charge is 2.09. The molecule has 1 aromatic heterocycles. The van der Waals surface area contributed by atoms with E-state index in [0.717, 1.165) is 42.7 Å². The summed E-state index contributed by atoms with van der Waals surface area (Å²) < 4.78 is 16.0. The molecule has 0 spiro atoms. The van der Waals surface area contributed by atoms with Crippen LogP contribution in [-0.4, -0.2) is 45.2 Å². The third kappa shape index (κ3) is 6.44. The molecular weight excluding hydrogens is 445 g/mol. The lowest BCUT2D eigenvalue weighted by atomic mass is 10.1. The Morgan fingerprint density at radius 2 is 1.96 bits per heavy atom. The van der Waals surface area contributed by atoms with E-state index in [1.165, 1.54) is 5.56 Å². The topological polar surface area (TPSA) is 59.2 Å². The smallest absolute Gasteiger partial charge is 0.194 e. The summed E-state index contributed by atoms with van der Waals surface area (Å²) in [6.45, 7) is 4.23. The van der Waals surface area contributed by atoms with Crippen LogP contribution in [0.2, 0.25) is 0 Å². The van der Waals surface area contributed by atoms with Gasteiger partial charge in [0.25, 0.3) is 0 Å². The molecule has 0 aliphatic heterocycles. The van der Waals surface area contributed by atoms with E-state index in [1.807, 2.05) is 31.3 Å². The summed E-state index contributed by atoms with van der Waals surface area (Å²) in [5, 5.41) is 3.31. The molecule has 144 valence electrons. The molecule has 6 nitrogen and oxygen atoms in total. The third-order valence-electron chi connectivity index (χ3n) is 3.85. The van der Waals surface area contributed by atoms with Gasteiger partial charge in [-0.2, -0.15) is 0 Å². The highest BCUT2D eigenvalue weighted by molar-refractivity contribution is 14.0. The number of ether oxygens (including phenoxy) is 2. The van der Waals surface area contributed by atoms with Gasteiger partial charge in [-0.3, -0.25) is 0 Å². The Labute approximate surface area is 172 Å². The van der Waals surface area contributed by atoms with Gasteiger partial charge in [-0.1, -0.05) is 6.07 Å². The molecule has 1 N–H and O–H groups in total. The van der Waals surface area contributed by atoms with Crippen molar-refractivity contribution in [3.05, 3.63) is 47.9 Å². The van der Waals surface area contributed by atoms with E-state index in [4.69, 9.17) is 13.9 Å². The lowest BCUT2D eigenvalue weighted by Crippen LogP contribution is -2.39. The Morgan fingerprint density at radius 1 is 1.19 bits per heavy atom. The number of hydrogen-bond acceptors (Lipinski definition) is 4. The molecule has 0 bridgehead atoms. The molecule has 1 heterocycles. The summed E-state index contributed by atoms with van der Waals surface area (Å²) in [5.41, 5.74) is 1.19. The average Bonchev–Trinajstić information content (AvgIpc) is 3.16. The number of nitrogens with one attached hydrogen (secondary N) is 1. The number of methoxy groups -OCH3 is 2. The van der Waals surface area contributed by atoms with Crippen molar-refractivity contribution in [1.82, 2.24) is 10.2 Å². The van der Waals surface area contributed by atoms with E-state index in [0.29, 0.717) is 6.54 Å². The molecule has 0 aliphatic rings. The zero-order valence-corrected chi connectivity index (χ0v) is 18.2. The fourth-order valence-electron chi connectivity index (χ4n) is 2.46. The van der Waals surface area contributed by atoms with E-state index in [-0.39, 0.29) is 24.0 Å². The van der Waals surface area contributed by atoms with Gasteiger partial charge in [-0.15, -0.1) is 24.0 Å². The number of guanidine groups is 1. The van der Waals surface area contributed by atoms with E-state index in [2.05, 4.69) is 28.2 Å². The first-order valence-corrected chi connectivity index (χ1v) is 8.40. The number of furan rings is 1. The second kappa shape index (κ2) is 11.7. The van der Waals surface area contributed by atoms with Gasteiger partial charge < -0.3 is 24.1 Å². The first kappa shape index (κ1) is 22.1. The van der Waals surface area contributed by atoms with Crippen molar-refractivity contribution in [2.75, 3.05) is 34.4 Å². The molecule has 0 saturated carbocycles. The molecule has 0 saturated heterocycles. The van der Waals surface area contributed by atoms with Gasteiger partial charge in [0.05, 0.1) is 20.5 Å². The van der Waals surface area contributed by atoms with Crippen LogP contribution in [0.15, 0.2) is 46.0 Å². The van der Waals surface area contributed by atoms with Crippen LogP contribution in [-0.2, 0) is 13.0 Å². The molecule has 1 aromatic carbocycles. The second-order valence-electron chi connectivity index (χ2n) is 5.61. The molecule has 7 heteroatoms. The summed E-state index contributed by atoms with van der Waals surface area (Å²) >= 11 is 0. The lowest BCUT2D eigenvalue weighted by Gasteiger charge is -2.22. The third-order valence-corrected chi connectivity index (χ3v) is 3.85. The van der Waals surface area contributed by atoms with Gasteiger partial charge in [-0.25, -0.2) is 4.99 Å². The van der Waals surface area contributed by atoms with Gasteiger partial charge in [0, 0.05) is 20.1 Å². The quantitative estimate of drug-likeness (QED) is 0.361. The molecule has 0 aliphatic carbocycles. The highest BCUT2D eigenvalue weighted by atomic mass is 127. The van der Waals surface area contributed by atoms with Crippen LogP contribution in [0.5, 0.6) is 11.5 Å². The maximum atomic E-state index is 5.36. The maximum absolute atomic E-state index is 5.36. The standard InChI is InChI=1S/C19H27N3O3.HI/c1-5-20-19(21-14-16-7-6-12-25-16)22(2)11-10-15-8-9-17(23-3)18(13-15)24-4;/h6-9,12-13H,5,10-11,14H2,1-4H3,(H,20,21);1H. The van der Waals surface area contributed by atoms with Crippen molar-refractivity contribution in [1.29, 1.82) is 0 Å². The van der Waals surface area contributed by atoms with Gasteiger partial charge in [0.2, 0.25) is 0 Å². The summed E-state index contributed by atoms with van der Waals surface area (Å²) in [5.74, 6) is 3.21. The van der Waals surface area contributed by atoms with Crippen LogP contribution in [0.25, 0.3) is 0 Å². The molecule has 2 aromatic rings. The molecule has 0 amide bonds. The van der Waals surface area contributed by atoms with Crippen molar-refractivity contribution in [3.8, 4) is 11.5 Å². The summed E-state index contributed by atoms with van der Waals surface area (Å²) in [6.07, 6.45) is 2.54. The number of aliphatic imine (C=N–C) groups is 1. The molecule has 0 radical (unpaired) electrons. The van der Waals surface area contributed by atoms with E-state index >= 15 is 0 Å². The minimum Gasteiger partial charge on any atom is -0.493 e. The van der Waals surface area contributed by atoms with E-state index in [9.17, 15) is 0 Å². The van der Waals surface area contributed by atoms with Crippen molar-refractivity contribution < 1.29 is 13.9 Å². The second-order valence-corrected chi connectivity index (χ2v) is 5.61. The van der Waals surface area contributed by atoms with Crippen molar-refractivity contribution >= 4 is 29.9 Å². The molecule has 0 fully saturated rings. The first-order chi connectivity index (χ1) is 12.2. The van der Waals surface area contributed by atoms with Crippen LogP contribution in [0, 0.1) is 0 Å².